The number of nitrogens with two attached hydrogens (primary N) is 1. The number of benzene rings is 1. The van der Waals surface area contributed by atoms with E-state index in [0.29, 0.717) is 20.9 Å². The highest BCUT2D eigenvalue weighted by atomic mass is 79.9. The van der Waals surface area contributed by atoms with E-state index in [1.54, 1.807) is 19.1 Å². The summed E-state index contributed by atoms with van der Waals surface area (Å²) in [5.74, 6) is -0.212. The fourth-order valence-corrected chi connectivity index (χ4v) is 4.29. The lowest BCUT2D eigenvalue weighted by Gasteiger charge is -2.05. The minimum atomic E-state index is -3.82. The van der Waals surface area contributed by atoms with E-state index in [1.807, 2.05) is 0 Å². The van der Waals surface area contributed by atoms with Gasteiger partial charge in [-0.05, 0) is 40.5 Å². The van der Waals surface area contributed by atoms with Crippen LogP contribution in [-0.2, 0) is 14.8 Å². The van der Waals surface area contributed by atoms with Crippen LogP contribution in [0.1, 0.15) is 12.6 Å². The number of carbonyl (C=O) groups excluding carboxylic acids is 1. The molecule has 6 nitrogen and oxygen atoms in total. The van der Waals surface area contributed by atoms with E-state index >= 15 is 0 Å². The van der Waals surface area contributed by atoms with Crippen molar-refractivity contribution < 1.29 is 13.2 Å². The molecule has 0 aliphatic carbocycles. The molecule has 112 valence electrons. The Hall–Kier alpha value is -1.29. The topological polar surface area (TPSA) is 102 Å². The van der Waals surface area contributed by atoms with E-state index in [2.05, 4.69) is 26.2 Å². The molecule has 0 saturated carbocycles. The van der Waals surface area contributed by atoms with Gasteiger partial charge in [0, 0.05) is 11.4 Å². The fraction of sp³-hybridized carbons (Fsp3) is 0.167. The van der Waals surface area contributed by atoms with Crippen LogP contribution in [0.4, 0.5) is 5.13 Å². The Morgan fingerprint density at radius 1 is 1.43 bits per heavy atom. The summed E-state index contributed by atoms with van der Waals surface area (Å²) in [7, 11) is -3.82. The second-order valence-corrected chi connectivity index (χ2v) is 7.69. The van der Waals surface area contributed by atoms with Crippen LogP contribution >= 0.6 is 27.3 Å². The molecule has 0 spiro atoms. The number of anilines is 1. The van der Waals surface area contributed by atoms with Crippen LogP contribution in [-0.4, -0.2) is 19.3 Å². The Labute approximate surface area is 134 Å². The Balaban J connectivity index is 2.53. The number of halogens is 1. The molecule has 0 fully saturated rings. The number of nitrogens with zero attached hydrogens (tertiary/aromatic N) is 1. The van der Waals surface area contributed by atoms with Crippen molar-refractivity contribution >= 4 is 48.3 Å². The molecule has 0 bridgehead atoms. The third-order valence-corrected chi connectivity index (χ3v) is 5.61. The molecular formula is C12H12BrN3O3S2. The Bertz CT molecular complexity index is 815. The zero-order valence-electron chi connectivity index (χ0n) is 11.2. The number of nitrogens with one attached hydrogen (secondary N) is 1. The third-order valence-electron chi connectivity index (χ3n) is 2.58. The molecule has 1 amide bonds. The number of hydrogen-bond donors (Lipinski definition) is 2. The Kier molecular flexibility index (Phi) is 4.47. The highest BCUT2D eigenvalue weighted by Gasteiger charge is 2.16. The number of amides is 1. The molecule has 1 aromatic heterocycles. The summed E-state index contributed by atoms with van der Waals surface area (Å²) in [5, 5.41) is 8.26. The van der Waals surface area contributed by atoms with Crippen molar-refractivity contribution in [1.29, 1.82) is 0 Å². The fourth-order valence-electron chi connectivity index (χ4n) is 1.73. The number of carbonyl (C=O) groups is 1. The number of thiazole rings is 1. The average molecular weight is 390 g/mol. The van der Waals surface area contributed by atoms with Crippen LogP contribution in [0.5, 0.6) is 0 Å². The molecule has 0 radical (unpaired) electrons. The second-order valence-electron chi connectivity index (χ2n) is 4.30. The maximum Gasteiger partial charge on any atom is 0.239 e. The van der Waals surface area contributed by atoms with Crippen molar-refractivity contribution in [3.63, 3.8) is 0 Å². The molecule has 1 aromatic carbocycles. The summed E-state index contributed by atoms with van der Waals surface area (Å²) < 4.78 is 23.5. The summed E-state index contributed by atoms with van der Waals surface area (Å²) >= 11 is 4.44. The van der Waals surface area contributed by atoms with Gasteiger partial charge in [-0.2, -0.15) is 0 Å². The van der Waals surface area contributed by atoms with Crippen LogP contribution in [0.25, 0.3) is 10.4 Å². The van der Waals surface area contributed by atoms with Gasteiger partial charge in [-0.15, -0.1) is 0 Å². The minimum absolute atomic E-state index is 0.00822. The smallest absolute Gasteiger partial charge is 0.239 e. The zero-order valence-corrected chi connectivity index (χ0v) is 14.4. The van der Waals surface area contributed by atoms with Gasteiger partial charge in [-0.1, -0.05) is 17.4 Å². The number of hydrogen-bond acceptors (Lipinski definition) is 5. The lowest BCUT2D eigenvalue weighted by molar-refractivity contribution is -0.114. The van der Waals surface area contributed by atoms with Gasteiger partial charge in [0.05, 0.1) is 15.5 Å². The third kappa shape index (κ3) is 3.67. The first kappa shape index (κ1) is 16.1. The quantitative estimate of drug-likeness (QED) is 0.841. The van der Waals surface area contributed by atoms with Gasteiger partial charge in [0.2, 0.25) is 15.9 Å². The van der Waals surface area contributed by atoms with Gasteiger partial charge in [-0.25, -0.2) is 18.5 Å². The summed E-state index contributed by atoms with van der Waals surface area (Å²) in [6.45, 7) is 3.19. The lowest BCUT2D eigenvalue weighted by Crippen LogP contribution is -2.12. The van der Waals surface area contributed by atoms with E-state index in [4.69, 9.17) is 5.14 Å². The predicted octanol–water partition coefficient (Wildman–Crippen LogP) is 2.49. The molecule has 0 unspecified atom stereocenters. The van der Waals surface area contributed by atoms with Crippen LogP contribution in [0, 0.1) is 6.92 Å². The van der Waals surface area contributed by atoms with Crippen molar-refractivity contribution in [2.75, 3.05) is 5.32 Å². The van der Waals surface area contributed by atoms with E-state index in [1.165, 1.54) is 24.3 Å². The summed E-state index contributed by atoms with van der Waals surface area (Å²) in [5.41, 5.74) is 1.38. The molecule has 0 saturated heterocycles. The standard InChI is InChI=1S/C12H12BrN3O3S2/c1-6-11(20-12(15-6)16-7(2)17)8-3-4-9(13)10(5-8)21(14,18)19/h3-5H,1-2H3,(H2,14,18,19)(H,15,16,17). The Morgan fingerprint density at radius 2 is 2.10 bits per heavy atom. The summed E-state index contributed by atoms with van der Waals surface area (Å²) in [4.78, 5) is 16.1. The van der Waals surface area contributed by atoms with Gasteiger partial charge < -0.3 is 5.32 Å². The van der Waals surface area contributed by atoms with Crippen molar-refractivity contribution in [2.24, 2.45) is 5.14 Å². The van der Waals surface area contributed by atoms with Crippen LogP contribution in [0.15, 0.2) is 27.6 Å². The SMILES string of the molecule is CC(=O)Nc1nc(C)c(-c2ccc(Br)c(S(N)(=O)=O)c2)s1. The maximum absolute atomic E-state index is 11.6. The molecule has 2 aromatic rings. The van der Waals surface area contributed by atoms with Crippen LogP contribution < -0.4 is 10.5 Å². The molecule has 2 rings (SSSR count). The highest BCUT2D eigenvalue weighted by molar-refractivity contribution is 9.10. The molecule has 1 heterocycles. The predicted molar refractivity (Wildman–Crippen MR) is 85.7 cm³/mol. The van der Waals surface area contributed by atoms with Crippen LogP contribution in [0.3, 0.4) is 0 Å². The van der Waals surface area contributed by atoms with Gasteiger partial charge in [0.25, 0.3) is 0 Å². The molecular weight excluding hydrogens is 378 g/mol. The number of aryl methyl sites for hydroxylation is 1. The number of sulfonamides is 1. The van der Waals surface area contributed by atoms with Gasteiger partial charge in [0.15, 0.2) is 5.13 Å². The lowest BCUT2D eigenvalue weighted by atomic mass is 10.2. The average Bonchev–Trinajstić information content (AvgIpc) is 2.68. The second kappa shape index (κ2) is 5.84. The van der Waals surface area contributed by atoms with E-state index in [-0.39, 0.29) is 10.8 Å². The number of aromatic nitrogens is 1. The minimum Gasteiger partial charge on any atom is -0.302 e. The maximum atomic E-state index is 11.6. The van der Waals surface area contributed by atoms with E-state index < -0.39 is 10.0 Å². The number of primary sulfonamides is 1. The molecule has 9 heteroatoms. The first-order valence-corrected chi connectivity index (χ1v) is 8.92. The molecule has 0 aliphatic heterocycles. The highest BCUT2D eigenvalue weighted by Crippen LogP contribution is 2.35. The molecule has 0 atom stereocenters. The zero-order chi connectivity index (χ0) is 15.8. The number of rotatable bonds is 3. The van der Waals surface area contributed by atoms with Gasteiger partial charge >= 0.3 is 0 Å². The van der Waals surface area contributed by atoms with Gasteiger partial charge in [-0.3, -0.25) is 4.79 Å². The van der Waals surface area contributed by atoms with E-state index in [9.17, 15) is 13.2 Å². The van der Waals surface area contributed by atoms with Crippen molar-refractivity contribution in [1.82, 2.24) is 4.98 Å². The normalized spacial score (nSPS) is 11.4. The van der Waals surface area contributed by atoms with Crippen molar-refractivity contribution in [3.05, 3.63) is 28.4 Å². The summed E-state index contributed by atoms with van der Waals surface area (Å²) in [6, 6.07) is 4.86. The molecule has 21 heavy (non-hydrogen) atoms. The monoisotopic (exact) mass is 389 g/mol. The first-order chi connectivity index (χ1) is 9.68. The van der Waals surface area contributed by atoms with Crippen LogP contribution in [0.2, 0.25) is 0 Å². The summed E-state index contributed by atoms with van der Waals surface area (Å²) in [6.07, 6.45) is 0. The molecule has 3 N–H and O–H groups in total. The van der Waals surface area contributed by atoms with Crippen molar-refractivity contribution in [2.45, 2.75) is 18.7 Å². The molecule has 0 aliphatic rings. The van der Waals surface area contributed by atoms with Gasteiger partial charge in [0.1, 0.15) is 0 Å². The van der Waals surface area contributed by atoms with Crippen molar-refractivity contribution in [3.8, 4) is 10.4 Å². The van der Waals surface area contributed by atoms with E-state index in [0.717, 1.165) is 4.88 Å². The largest absolute Gasteiger partial charge is 0.302 e. The Morgan fingerprint density at radius 3 is 2.67 bits per heavy atom. The first-order valence-electron chi connectivity index (χ1n) is 5.76.